The average molecular weight is 502 g/mol. The van der Waals surface area contributed by atoms with Crippen molar-refractivity contribution in [2.24, 2.45) is 0 Å². The molecular weight excluding hydrogens is 462 g/mol. The van der Waals surface area contributed by atoms with E-state index in [0.717, 1.165) is 80.2 Å². The number of amides is 2. The van der Waals surface area contributed by atoms with Crippen LogP contribution in [0.4, 0.5) is 0 Å². The Morgan fingerprint density at radius 1 is 0.865 bits per heavy atom. The number of piperidine rings is 1. The van der Waals surface area contributed by atoms with Crippen molar-refractivity contribution in [3.8, 4) is 5.75 Å². The number of hydrogen-bond acceptors (Lipinski definition) is 4. The Bertz CT molecular complexity index is 1110. The number of ether oxygens (including phenoxy) is 1. The first-order valence-corrected chi connectivity index (χ1v) is 14.3. The Morgan fingerprint density at radius 3 is 2.32 bits per heavy atom. The van der Waals surface area contributed by atoms with Crippen LogP contribution in [0.5, 0.6) is 5.75 Å². The van der Waals surface area contributed by atoms with Crippen molar-refractivity contribution in [3.05, 3.63) is 64.7 Å². The molecule has 2 heterocycles. The number of hydrogen-bond donors (Lipinski definition) is 1. The molecule has 37 heavy (non-hydrogen) atoms. The van der Waals surface area contributed by atoms with E-state index in [4.69, 9.17) is 4.74 Å². The van der Waals surface area contributed by atoms with Gasteiger partial charge in [-0.15, -0.1) is 0 Å². The minimum Gasteiger partial charge on any atom is -0.489 e. The van der Waals surface area contributed by atoms with E-state index in [1.165, 1.54) is 32.1 Å². The third-order valence-electron chi connectivity index (χ3n) is 9.03. The van der Waals surface area contributed by atoms with Crippen LogP contribution >= 0.6 is 0 Å². The van der Waals surface area contributed by atoms with Gasteiger partial charge in [-0.3, -0.25) is 9.59 Å². The van der Waals surface area contributed by atoms with Gasteiger partial charge in [-0.05, 0) is 86.4 Å². The first kappa shape index (κ1) is 24.5. The summed E-state index contributed by atoms with van der Waals surface area (Å²) in [5.41, 5.74) is 3.63. The van der Waals surface area contributed by atoms with E-state index >= 15 is 0 Å². The van der Waals surface area contributed by atoms with Crippen LogP contribution in [-0.2, 0) is 13.0 Å². The molecule has 0 unspecified atom stereocenters. The molecule has 2 aliphatic carbocycles. The number of likely N-dealkylation sites (tertiary alicyclic amines) is 1. The summed E-state index contributed by atoms with van der Waals surface area (Å²) in [6.07, 6.45) is 11.7. The number of nitrogens with zero attached hydrogens (tertiary/aromatic N) is 2. The molecule has 6 heteroatoms. The lowest BCUT2D eigenvalue weighted by Crippen LogP contribution is -2.52. The van der Waals surface area contributed by atoms with E-state index in [1.807, 2.05) is 42.5 Å². The molecule has 0 atom stereocenters. The van der Waals surface area contributed by atoms with Gasteiger partial charge in [-0.1, -0.05) is 31.4 Å². The van der Waals surface area contributed by atoms with Gasteiger partial charge in [0.25, 0.3) is 11.8 Å². The molecule has 2 saturated carbocycles. The lowest BCUT2D eigenvalue weighted by Gasteiger charge is -2.45. The molecule has 0 bridgehead atoms. The fraction of sp³-hybridized carbons (Fsp3) is 0.548. The predicted octanol–water partition coefficient (Wildman–Crippen LogP) is 4.95. The van der Waals surface area contributed by atoms with Crippen molar-refractivity contribution in [3.63, 3.8) is 0 Å². The monoisotopic (exact) mass is 501 g/mol. The number of fused-ring (bicyclic) bond motifs is 1. The highest BCUT2D eigenvalue weighted by atomic mass is 16.5. The van der Waals surface area contributed by atoms with Gasteiger partial charge in [-0.2, -0.15) is 0 Å². The molecule has 2 amide bonds. The zero-order valence-corrected chi connectivity index (χ0v) is 21.8. The molecule has 196 valence electrons. The molecule has 2 aromatic rings. The van der Waals surface area contributed by atoms with Crippen molar-refractivity contribution >= 4 is 11.8 Å². The third-order valence-corrected chi connectivity index (χ3v) is 9.03. The molecule has 1 N–H and O–H groups in total. The fourth-order valence-corrected chi connectivity index (χ4v) is 6.49. The Balaban J connectivity index is 1.02. The summed E-state index contributed by atoms with van der Waals surface area (Å²) in [7, 11) is 0. The second-order valence-electron chi connectivity index (χ2n) is 11.4. The van der Waals surface area contributed by atoms with Crippen molar-refractivity contribution in [1.82, 2.24) is 15.1 Å². The normalized spacial score (nSPS) is 21.5. The molecule has 0 radical (unpaired) electrons. The lowest BCUT2D eigenvalue weighted by atomic mass is 9.88. The predicted molar refractivity (Wildman–Crippen MR) is 144 cm³/mol. The molecule has 6 nitrogen and oxygen atoms in total. The van der Waals surface area contributed by atoms with Gasteiger partial charge < -0.3 is 19.9 Å². The Hall–Kier alpha value is -2.86. The van der Waals surface area contributed by atoms with Crippen LogP contribution < -0.4 is 10.1 Å². The van der Waals surface area contributed by atoms with Gasteiger partial charge >= 0.3 is 0 Å². The summed E-state index contributed by atoms with van der Waals surface area (Å²) in [6, 6.07) is 15.1. The molecule has 2 aliphatic heterocycles. The largest absolute Gasteiger partial charge is 0.489 e. The second kappa shape index (κ2) is 10.9. The van der Waals surface area contributed by atoms with Crippen LogP contribution in [0, 0.1) is 0 Å². The Morgan fingerprint density at radius 2 is 1.62 bits per heavy atom. The highest BCUT2D eigenvalue weighted by Gasteiger charge is 2.35. The van der Waals surface area contributed by atoms with Crippen LogP contribution in [0.2, 0.25) is 0 Å². The maximum atomic E-state index is 13.3. The summed E-state index contributed by atoms with van der Waals surface area (Å²) >= 11 is 0. The highest BCUT2D eigenvalue weighted by Crippen LogP contribution is 2.31. The Kier molecular flexibility index (Phi) is 7.18. The molecule has 0 spiro atoms. The zero-order valence-electron chi connectivity index (χ0n) is 21.8. The number of nitrogens with one attached hydrogen (secondary N) is 1. The fourth-order valence-electron chi connectivity index (χ4n) is 6.49. The molecular formula is C31H39N3O3. The average Bonchev–Trinajstić information content (AvgIpc) is 3.41. The molecule has 0 aromatic heterocycles. The number of carbonyl (C=O) groups is 2. The van der Waals surface area contributed by atoms with Crippen molar-refractivity contribution in [2.75, 3.05) is 19.6 Å². The van der Waals surface area contributed by atoms with Gasteiger partial charge in [-0.25, -0.2) is 0 Å². The van der Waals surface area contributed by atoms with Gasteiger partial charge in [0, 0.05) is 48.9 Å². The summed E-state index contributed by atoms with van der Waals surface area (Å²) in [5, 5.41) is 3.14. The first-order chi connectivity index (χ1) is 18.1. The standard InChI is InChI=1S/C31H39N3O3/c35-30(32-25-4-1-2-5-25)23-10-8-22(9-11-23)21-37-28-12-13-29-24(20-28)14-19-34(31(29)36)27-15-17-33(18-16-27)26-6-3-7-26/h8-13,20,25-27H,1-7,14-19,21H2,(H,32,35). The van der Waals surface area contributed by atoms with E-state index in [1.54, 1.807) is 0 Å². The zero-order chi connectivity index (χ0) is 25.2. The topological polar surface area (TPSA) is 61.9 Å². The molecule has 2 aromatic carbocycles. The number of carbonyl (C=O) groups excluding carboxylic acids is 2. The second-order valence-corrected chi connectivity index (χ2v) is 11.4. The summed E-state index contributed by atoms with van der Waals surface area (Å²) in [4.78, 5) is 30.6. The van der Waals surface area contributed by atoms with Crippen LogP contribution in [0.3, 0.4) is 0 Å². The summed E-state index contributed by atoms with van der Waals surface area (Å²) in [6.45, 7) is 3.49. The van der Waals surface area contributed by atoms with E-state index in [9.17, 15) is 9.59 Å². The van der Waals surface area contributed by atoms with Crippen molar-refractivity contribution in [2.45, 2.75) is 88.9 Å². The van der Waals surface area contributed by atoms with Crippen LogP contribution in [-0.4, -0.2) is 59.4 Å². The molecule has 1 saturated heterocycles. The molecule has 3 fully saturated rings. The third kappa shape index (κ3) is 5.40. The maximum Gasteiger partial charge on any atom is 0.254 e. The Labute approximate surface area is 220 Å². The van der Waals surface area contributed by atoms with Gasteiger partial charge in [0.05, 0.1) is 0 Å². The quantitative estimate of drug-likeness (QED) is 0.583. The first-order valence-electron chi connectivity index (χ1n) is 14.3. The van der Waals surface area contributed by atoms with Crippen molar-refractivity contribution < 1.29 is 14.3 Å². The number of benzene rings is 2. The summed E-state index contributed by atoms with van der Waals surface area (Å²) < 4.78 is 6.06. The van der Waals surface area contributed by atoms with Crippen LogP contribution in [0.15, 0.2) is 42.5 Å². The molecule has 4 aliphatic rings. The minimum absolute atomic E-state index is 0.0108. The maximum absolute atomic E-state index is 13.3. The van der Waals surface area contributed by atoms with Gasteiger partial charge in [0.1, 0.15) is 12.4 Å². The lowest BCUT2D eigenvalue weighted by molar-refractivity contribution is 0.0414. The van der Waals surface area contributed by atoms with Gasteiger partial charge in [0.15, 0.2) is 0 Å². The highest BCUT2D eigenvalue weighted by molar-refractivity contribution is 5.97. The van der Waals surface area contributed by atoms with E-state index in [2.05, 4.69) is 15.1 Å². The van der Waals surface area contributed by atoms with E-state index in [0.29, 0.717) is 24.3 Å². The van der Waals surface area contributed by atoms with Crippen molar-refractivity contribution in [1.29, 1.82) is 0 Å². The molecule has 6 rings (SSSR count). The smallest absolute Gasteiger partial charge is 0.254 e. The summed E-state index contributed by atoms with van der Waals surface area (Å²) in [5.74, 6) is 0.981. The SMILES string of the molecule is O=C(NC1CCCC1)c1ccc(COc2ccc3c(c2)CCN(C2CCN(C4CCC4)CC2)C3=O)cc1. The van der Waals surface area contributed by atoms with E-state index < -0.39 is 0 Å². The van der Waals surface area contributed by atoms with E-state index in [-0.39, 0.29) is 11.8 Å². The minimum atomic E-state index is 0.0108. The van der Waals surface area contributed by atoms with Crippen LogP contribution in [0.1, 0.15) is 89.6 Å². The van der Waals surface area contributed by atoms with Gasteiger partial charge in [0.2, 0.25) is 0 Å². The van der Waals surface area contributed by atoms with Crippen LogP contribution in [0.25, 0.3) is 0 Å². The number of rotatable bonds is 7.